The summed E-state index contributed by atoms with van der Waals surface area (Å²) in [6, 6.07) is 16.3. The van der Waals surface area contributed by atoms with Gasteiger partial charge in [0.1, 0.15) is 11.5 Å². The van der Waals surface area contributed by atoms with Crippen LogP contribution in [0.1, 0.15) is 28.7 Å². The molecule has 0 spiro atoms. The minimum Gasteiger partial charge on any atom is -0.495 e. The summed E-state index contributed by atoms with van der Waals surface area (Å²) in [7, 11) is 3.14. The Morgan fingerprint density at radius 2 is 1.61 bits per heavy atom. The van der Waals surface area contributed by atoms with Crippen LogP contribution < -0.4 is 19.3 Å². The number of hydrogen-bond acceptors (Lipinski definition) is 4. The van der Waals surface area contributed by atoms with Crippen LogP contribution in [0.25, 0.3) is 0 Å². The second-order valence-electron chi connectivity index (χ2n) is 9.63. The first-order valence-corrected chi connectivity index (χ1v) is 12.5. The summed E-state index contributed by atoms with van der Waals surface area (Å²) in [5.74, 6) is 1.23. The maximum absolute atomic E-state index is 14.0. The highest BCUT2D eigenvalue weighted by molar-refractivity contribution is 5.97. The van der Waals surface area contributed by atoms with Crippen molar-refractivity contribution in [3.05, 3.63) is 82.9 Å². The third-order valence-corrected chi connectivity index (χ3v) is 7.38. The molecule has 3 aromatic carbocycles. The standard InChI is InChI=1S/C29H30F3N3O3/c1-19-8-6-12-24(37-2)26(19)33-15-14-22(18-33)34-17-21-10-7-13-25(38-3)27(21)35(28(34)36)16-20-9-4-5-11-23(20)29(30,31)32/h4-13,22H,14-18H2,1-3H3. The molecule has 6 nitrogen and oxygen atoms in total. The molecule has 0 aromatic heterocycles. The van der Waals surface area contributed by atoms with E-state index in [0.717, 1.165) is 41.6 Å². The van der Waals surface area contributed by atoms with Crippen molar-refractivity contribution in [2.75, 3.05) is 37.1 Å². The normalized spacial score (nSPS) is 17.6. The van der Waals surface area contributed by atoms with Gasteiger partial charge in [0.15, 0.2) is 0 Å². The van der Waals surface area contributed by atoms with Crippen molar-refractivity contribution >= 4 is 17.4 Å². The fraction of sp³-hybridized carbons (Fsp3) is 0.345. The van der Waals surface area contributed by atoms with E-state index in [-0.39, 0.29) is 24.2 Å². The Morgan fingerprint density at radius 1 is 0.921 bits per heavy atom. The van der Waals surface area contributed by atoms with E-state index in [1.54, 1.807) is 24.1 Å². The van der Waals surface area contributed by atoms with Crippen molar-refractivity contribution < 1.29 is 27.4 Å². The van der Waals surface area contributed by atoms with Crippen LogP contribution in [0.2, 0.25) is 0 Å². The van der Waals surface area contributed by atoms with Gasteiger partial charge in [-0.15, -0.1) is 0 Å². The number of carbonyl (C=O) groups excluding carboxylic acids is 1. The average molecular weight is 526 g/mol. The highest BCUT2D eigenvalue weighted by Crippen LogP contribution is 2.42. The van der Waals surface area contributed by atoms with Gasteiger partial charge in [0, 0.05) is 19.6 Å². The van der Waals surface area contributed by atoms with E-state index in [1.807, 2.05) is 37.3 Å². The number of aryl methyl sites for hydroxylation is 1. The highest BCUT2D eigenvalue weighted by atomic mass is 19.4. The molecule has 0 radical (unpaired) electrons. The SMILES string of the molecule is COc1cccc(C)c1N1CCC(N2Cc3cccc(OC)c3N(Cc3ccccc3C(F)(F)F)C2=O)C1. The van der Waals surface area contributed by atoms with E-state index in [4.69, 9.17) is 9.47 Å². The van der Waals surface area contributed by atoms with Crippen LogP contribution in [0.3, 0.4) is 0 Å². The van der Waals surface area contributed by atoms with Gasteiger partial charge >= 0.3 is 12.2 Å². The number of alkyl halides is 3. The molecule has 38 heavy (non-hydrogen) atoms. The minimum absolute atomic E-state index is 0.0322. The molecule has 0 aliphatic carbocycles. The predicted molar refractivity (Wildman–Crippen MR) is 140 cm³/mol. The molecule has 0 N–H and O–H groups in total. The van der Waals surface area contributed by atoms with Gasteiger partial charge in [0.05, 0.1) is 43.7 Å². The largest absolute Gasteiger partial charge is 0.495 e. The molecule has 3 aromatic rings. The molecule has 1 saturated heterocycles. The lowest BCUT2D eigenvalue weighted by Crippen LogP contribution is -2.52. The first-order valence-electron chi connectivity index (χ1n) is 12.5. The Morgan fingerprint density at radius 3 is 2.32 bits per heavy atom. The monoisotopic (exact) mass is 525 g/mol. The molecule has 200 valence electrons. The molecule has 2 amide bonds. The third-order valence-electron chi connectivity index (χ3n) is 7.38. The second-order valence-corrected chi connectivity index (χ2v) is 9.63. The molecule has 0 saturated carbocycles. The van der Waals surface area contributed by atoms with E-state index in [2.05, 4.69) is 4.90 Å². The lowest BCUT2D eigenvalue weighted by molar-refractivity contribution is -0.138. The first kappa shape index (κ1) is 25.8. The lowest BCUT2D eigenvalue weighted by atomic mass is 10.0. The molecular weight excluding hydrogens is 495 g/mol. The number of anilines is 2. The van der Waals surface area contributed by atoms with Gasteiger partial charge in [-0.3, -0.25) is 4.90 Å². The Kier molecular flexibility index (Phi) is 6.86. The van der Waals surface area contributed by atoms with Crippen molar-refractivity contribution in [2.24, 2.45) is 0 Å². The fourth-order valence-electron chi connectivity index (χ4n) is 5.61. The molecule has 1 atom stereocenters. The lowest BCUT2D eigenvalue weighted by Gasteiger charge is -2.41. The summed E-state index contributed by atoms with van der Waals surface area (Å²) in [6.07, 6.45) is -3.80. The molecule has 1 unspecified atom stereocenters. The Balaban J connectivity index is 1.49. The Bertz CT molecular complexity index is 1340. The summed E-state index contributed by atoms with van der Waals surface area (Å²) in [6.45, 7) is 3.49. The van der Waals surface area contributed by atoms with Gasteiger partial charge < -0.3 is 19.3 Å². The average Bonchev–Trinajstić information content (AvgIpc) is 3.38. The van der Waals surface area contributed by atoms with Crippen molar-refractivity contribution in [1.29, 1.82) is 0 Å². The van der Waals surface area contributed by atoms with Gasteiger partial charge in [-0.25, -0.2) is 4.79 Å². The highest BCUT2D eigenvalue weighted by Gasteiger charge is 2.41. The zero-order chi connectivity index (χ0) is 27.0. The van der Waals surface area contributed by atoms with Gasteiger partial charge in [-0.2, -0.15) is 13.2 Å². The van der Waals surface area contributed by atoms with Crippen molar-refractivity contribution in [3.8, 4) is 11.5 Å². The number of methoxy groups -OCH3 is 2. The summed E-state index contributed by atoms with van der Waals surface area (Å²) < 4.78 is 52.6. The number of para-hydroxylation sites is 2. The minimum atomic E-state index is -4.53. The van der Waals surface area contributed by atoms with Crippen molar-refractivity contribution in [1.82, 2.24) is 4.90 Å². The number of benzene rings is 3. The van der Waals surface area contributed by atoms with Crippen LogP contribution >= 0.6 is 0 Å². The maximum atomic E-state index is 14.0. The van der Waals surface area contributed by atoms with Gasteiger partial charge in [-0.05, 0) is 48.2 Å². The number of fused-ring (bicyclic) bond motifs is 1. The number of amides is 2. The molecule has 5 rings (SSSR count). The molecule has 0 bridgehead atoms. The van der Waals surface area contributed by atoms with Crippen molar-refractivity contribution in [2.45, 2.75) is 38.7 Å². The number of ether oxygens (including phenoxy) is 2. The zero-order valence-corrected chi connectivity index (χ0v) is 21.6. The number of carbonyl (C=O) groups is 1. The van der Waals surface area contributed by atoms with Crippen LogP contribution in [-0.4, -0.2) is 44.3 Å². The van der Waals surface area contributed by atoms with Crippen LogP contribution in [0.5, 0.6) is 11.5 Å². The smallest absolute Gasteiger partial charge is 0.416 e. The molecule has 2 heterocycles. The number of hydrogen-bond donors (Lipinski definition) is 0. The van der Waals surface area contributed by atoms with E-state index in [1.165, 1.54) is 24.1 Å². The zero-order valence-electron chi connectivity index (χ0n) is 21.6. The Labute approximate surface area is 220 Å². The number of halogens is 3. The van der Waals surface area contributed by atoms with E-state index in [0.29, 0.717) is 24.5 Å². The summed E-state index contributed by atoms with van der Waals surface area (Å²) >= 11 is 0. The first-order chi connectivity index (χ1) is 18.2. The van der Waals surface area contributed by atoms with E-state index in [9.17, 15) is 18.0 Å². The third kappa shape index (κ3) is 4.61. The van der Waals surface area contributed by atoms with Crippen LogP contribution in [-0.2, 0) is 19.3 Å². The molecule has 2 aliphatic heterocycles. The van der Waals surface area contributed by atoms with Gasteiger partial charge in [0.2, 0.25) is 0 Å². The quantitative estimate of drug-likeness (QED) is 0.382. The number of nitrogens with zero attached hydrogens (tertiary/aromatic N) is 3. The fourth-order valence-corrected chi connectivity index (χ4v) is 5.61. The second kappa shape index (κ2) is 10.1. The number of urea groups is 1. The predicted octanol–water partition coefficient (Wildman–Crippen LogP) is 6.25. The summed E-state index contributed by atoms with van der Waals surface area (Å²) in [4.78, 5) is 19.4. The molecule has 2 aliphatic rings. The molecule has 9 heteroatoms. The maximum Gasteiger partial charge on any atom is 0.416 e. The van der Waals surface area contributed by atoms with E-state index < -0.39 is 11.7 Å². The van der Waals surface area contributed by atoms with Crippen molar-refractivity contribution in [3.63, 3.8) is 0 Å². The Hall–Kier alpha value is -3.88. The summed E-state index contributed by atoms with van der Waals surface area (Å²) in [5.41, 5.74) is 2.71. The van der Waals surface area contributed by atoms with Gasteiger partial charge in [0.25, 0.3) is 0 Å². The van der Waals surface area contributed by atoms with Crippen LogP contribution in [0.4, 0.5) is 29.3 Å². The number of rotatable bonds is 6. The van der Waals surface area contributed by atoms with Gasteiger partial charge in [-0.1, -0.05) is 42.5 Å². The van der Waals surface area contributed by atoms with Crippen LogP contribution in [0, 0.1) is 6.92 Å². The molecular formula is C29H30F3N3O3. The molecule has 1 fully saturated rings. The summed E-state index contributed by atoms with van der Waals surface area (Å²) in [5, 5.41) is 0. The van der Waals surface area contributed by atoms with E-state index >= 15 is 0 Å². The van der Waals surface area contributed by atoms with Crippen LogP contribution in [0.15, 0.2) is 60.7 Å². The topological polar surface area (TPSA) is 45.2 Å².